The number of carbonyl (C=O) groups is 1. The van der Waals surface area contributed by atoms with Gasteiger partial charge in [0.15, 0.2) is 0 Å². The van der Waals surface area contributed by atoms with Gasteiger partial charge in [-0.3, -0.25) is 4.79 Å². The topological polar surface area (TPSA) is 62.1 Å². The van der Waals surface area contributed by atoms with Gasteiger partial charge in [-0.2, -0.15) is 18.4 Å². The second kappa shape index (κ2) is 10.0. The largest absolute Gasteiger partial charge is 0.488 e. The summed E-state index contributed by atoms with van der Waals surface area (Å²) in [7, 11) is 0. The van der Waals surface area contributed by atoms with Gasteiger partial charge < -0.3 is 10.1 Å². The van der Waals surface area contributed by atoms with Crippen LogP contribution in [0.1, 0.15) is 27.8 Å². The van der Waals surface area contributed by atoms with E-state index >= 15 is 0 Å². The van der Waals surface area contributed by atoms with E-state index in [4.69, 9.17) is 4.74 Å². The number of ether oxygens (including phenoxy) is 1. The molecule has 33 heavy (non-hydrogen) atoms. The maximum Gasteiger partial charge on any atom is 0.416 e. The van der Waals surface area contributed by atoms with E-state index in [0.29, 0.717) is 17.9 Å². The van der Waals surface area contributed by atoms with Crippen molar-refractivity contribution in [1.29, 1.82) is 5.26 Å². The molecule has 0 saturated heterocycles. The van der Waals surface area contributed by atoms with Crippen LogP contribution in [0.15, 0.2) is 72.3 Å². The summed E-state index contributed by atoms with van der Waals surface area (Å²) < 4.78 is 44.7. The molecular weight excluding hydrogens is 429 g/mol. The quantitative estimate of drug-likeness (QED) is 0.347. The van der Waals surface area contributed by atoms with Gasteiger partial charge in [0.05, 0.1) is 5.56 Å². The molecule has 168 valence electrons. The minimum absolute atomic E-state index is 0.0599. The Kier molecular flexibility index (Phi) is 7.19. The number of amides is 1. The van der Waals surface area contributed by atoms with Crippen molar-refractivity contribution in [3.63, 3.8) is 0 Å². The predicted molar refractivity (Wildman–Crippen MR) is 120 cm³/mol. The van der Waals surface area contributed by atoms with Crippen LogP contribution < -0.4 is 10.1 Å². The van der Waals surface area contributed by atoms with Crippen LogP contribution in [-0.4, -0.2) is 5.91 Å². The molecule has 7 heteroatoms. The lowest BCUT2D eigenvalue weighted by molar-refractivity contribution is -0.137. The molecule has 0 saturated carbocycles. The lowest BCUT2D eigenvalue weighted by Gasteiger charge is -2.11. The molecule has 0 radical (unpaired) electrons. The summed E-state index contributed by atoms with van der Waals surface area (Å²) in [6, 6.07) is 19.0. The smallest absolute Gasteiger partial charge is 0.416 e. The Labute approximate surface area is 189 Å². The average Bonchev–Trinajstić information content (AvgIpc) is 2.75. The van der Waals surface area contributed by atoms with Crippen molar-refractivity contribution >= 4 is 17.7 Å². The van der Waals surface area contributed by atoms with E-state index in [9.17, 15) is 23.2 Å². The summed E-state index contributed by atoms with van der Waals surface area (Å²) in [6.07, 6.45) is -3.19. The van der Waals surface area contributed by atoms with Gasteiger partial charge in [-0.1, -0.05) is 53.6 Å². The standard InChI is InChI=1S/C26H21F3N2O2/c1-17-10-18(2)12-19(11-17)16-33-24-9-4-3-6-20(24)13-21(15-30)25(32)31-23-8-5-7-22(14-23)26(27,28)29/h3-14H,16H2,1-2H3,(H,31,32)/b21-13+. The Bertz CT molecular complexity index is 1220. The van der Waals surface area contributed by atoms with Crippen molar-refractivity contribution < 1.29 is 22.7 Å². The van der Waals surface area contributed by atoms with Crippen molar-refractivity contribution in [2.24, 2.45) is 0 Å². The Morgan fingerprint density at radius 1 is 1.03 bits per heavy atom. The third kappa shape index (κ3) is 6.47. The zero-order valence-electron chi connectivity index (χ0n) is 18.0. The predicted octanol–water partition coefficient (Wildman–Crippen LogP) is 6.45. The number of para-hydroxylation sites is 1. The van der Waals surface area contributed by atoms with Gasteiger partial charge in [0, 0.05) is 11.3 Å². The highest BCUT2D eigenvalue weighted by Crippen LogP contribution is 2.31. The summed E-state index contributed by atoms with van der Waals surface area (Å²) in [5, 5.41) is 11.8. The first kappa shape index (κ1) is 23.6. The van der Waals surface area contributed by atoms with Gasteiger partial charge >= 0.3 is 6.18 Å². The molecule has 0 aliphatic carbocycles. The molecule has 1 amide bonds. The summed E-state index contributed by atoms with van der Waals surface area (Å²) in [4.78, 5) is 12.6. The van der Waals surface area contributed by atoms with Crippen LogP contribution in [0.25, 0.3) is 6.08 Å². The molecule has 0 aliphatic heterocycles. The van der Waals surface area contributed by atoms with Gasteiger partial charge in [-0.05, 0) is 49.8 Å². The van der Waals surface area contributed by atoms with Crippen molar-refractivity contribution in [2.45, 2.75) is 26.6 Å². The summed E-state index contributed by atoms with van der Waals surface area (Å²) in [5.41, 5.74) is 2.48. The second-order valence-electron chi connectivity index (χ2n) is 7.52. The maximum absolute atomic E-state index is 12.9. The highest BCUT2D eigenvalue weighted by Gasteiger charge is 2.30. The van der Waals surface area contributed by atoms with E-state index in [1.807, 2.05) is 26.0 Å². The normalized spacial score (nSPS) is 11.6. The molecule has 0 spiro atoms. The van der Waals surface area contributed by atoms with Gasteiger partial charge in [0.2, 0.25) is 0 Å². The first-order valence-electron chi connectivity index (χ1n) is 10.0. The fraction of sp³-hybridized carbons (Fsp3) is 0.154. The van der Waals surface area contributed by atoms with Crippen molar-refractivity contribution in [3.05, 3.63) is 100 Å². The minimum atomic E-state index is -4.54. The Balaban J connectivity index is 1.80. The lowest BCUT2D eigenvalue weighted by atomic mass is 10.1. The first-order chi connectivity index (χ1) is 15.7. The molecule has 0 heterocycles. The summed E-state index contributed by atoms with van der Waals surface area (Å²) in [5.74, 6) is -0.350. The zero-order chi connectivity index (χ0) is 24.0. The lowest BCUT2D eigenvalue weighted by Crippen LogP contribution is -2.14. The Hall–Kier alpha value is -4.05. The number of benzene rings is 3. The number of anilines is 1. The molecule has 3 rings (SSSR count). The molecule has 0 unspecified atom stereocenters. The number of hydrogen-bond acceptors (Lipinski definition) is 3. The number of aryl methyl sites for hydroxylation is 2. The van der Waals surface area contributed by atoms with Crippen LogP contribution >= 0.6 is 0 Å². The Morgan fingerprint density at radius 3 is 2.39 bits per heavy atom. The van der Waals surface area contributed by atoms with E-state index in [1.54, 1.807) is 30.3 Å². The van der Waals surface area contributed by atoms with Gasteiger partial charge in [-0.15, -0.1) is 0 Å². The average molecular weight is 450 g/mol. The molecule has 0 fully saturated rings. The molecular formula is C26H21F3N2O2. The molecule has 1 N–H and O–H groups in total. The van der Waals surface area contributed by atoms with E-state index in [-0.39, 0.29) is 11.3 Å². The SMILES string of the molecule is Cc1cc(C)cc(COc2ccccc2/C=C(\C#N)C(=O)Nc2cccc(C(F)(F)F)c2)c1. The molecule has 3 aromatic carbocycles. The molecule has 0 aliphatic rings. The van der Waals surface area contributed by atoms with Crippen LogP contribution in [-0.2, 0) is 17.6 Å². The number of nitriles is 1. The van der Waals surface area contributed by atoms with Crippen molar-refractivity contribution in [1.82, 2.24) is 0 Å². The van der Waals surface area contributed by atoms with Gasteiger partial charge in [-0.25, -0.2) is 0 Å². The van der Waals surface area contributed by atoms with E-state index in [2.05, 4.69) is 11.4 Å². The van der Waals surface area contributed by atoms with Gasteiger partial charge in [0.25, 0.3) is 5.91 Å². The molecule has 4 nitrogen and oxygen atoms in total. The minimum Gasteiger partial charge on any atom is -0.488 e. The third-order valence-electron chi connectivity index (χ3n) is 4.71. The van der Waals surface area contributed by atoms with Crippen LogP contribution in [0.2, 0.25) is 0 Å². The number of rotatable bonds is 6. The first-order valence-corrected chi connectivity index (χ1v) is 10.0. The number of hydrogen-bond donors (Lipinski definition) is 1. The van der Waals surface area contributed by atoms with Gasteiger partial charge in [0.1, 0.15) is 24.0 Å². The number of halogens is 3. The Morgan fingerprint density at radius 2 is 1.73 bits per heavy atom. The number of carbonyl (C=O) groups excluding carboxylic acids is 1. The second-order valence-corrected chi connectivity index (χ2v) is 7.52. The molecule has 0 bridgehead atoms. The van der Waals surface area contributed by atoms with Crippen LogP contribution in [0, 0.1) is 25.2 Å². The number of nitrogens with one attached hydrogen (secondary N) is 1. The molecule has 0 aromatic heterocycles. The summed E-state index contributed by atoms with van der Waals surface area (Å²) in [6.45, 7) is 4.29. The number of nitrogens with zero attached hydrogens (tertiary/aromatic N) is 1. The van der Waals surface area contributed by atoms with E-state index in [0.717, 1.165) is 28.8 Å². The van der Waals surface area contributed by atoms with Crippen LogP contribution in [0.3, 0.4) is 0 Å². The fourth-order valence-corrected chi connectivity index (χ4v) is 3.32. The van der Waals surface area contributed by atoms with E-state index in [1.165, 1.54) is 18.2 Å². The fourth-order valence-electron chi connectivity index (χ4n) is 3.32. The zero-order valence-corrected chi connectivity index (χ0v) is 18.0. The summed E-state index contributed by atoms with van der Waals surface area (Å²) >= 11 is 0. The molecule has 0 atom stereocenters. The third-order valence-corrected chi connectivity index (χ3v) is 4.71. The molecule has 3 aromatic rings. The van der Waals surface area contributed by atoms with Crippen LogP contribution in [0.5, 0.6) is 5.75 Å². The highest BCUT2D eigenvalue weighted by atomic mass is 19.4. The van der Waals surface area contributed by atoms with E-state index < -0.39 is 17.6 Å². The maximum atomic E-state index is 12.9. The van der Waals surface area contributed by atoms with Crippen molar-refractivity contribution in [3.8, 4) is 11.8 Å². The highest BCUT2D eigenvalue weighted by molar-refractivity contribution is 6.09. The van der Waals surface area contributed by atoms with Crippen LogP contribution in [0.4, 0.5) is 18.9 Å². The van der Waals surface area contributed by atoms with Crippen molar-refractivity contribution in [2.75, 3.05) is 5.32 Å². The number of alkyl halides is 3. The monoisotopic (exact) mass is 450 g/mol.